The highest BCUT2D eigenvalue weighted by Crippen LogP contribution is 2.42. The molecule has 5 heterocycles. The molecule has 0 atom stereocenters. The average Bonchev–Trinajstić information content (AvgIpc) is 1.64. The lowest BCUT2D eigenvalue weighted by atomic mass is 9.94. The predicted octanol–water partition coefficient (Wildman–Crippen LogP) is 27.7. The van der Waals surface area contributed by atoms with Gasteiger partial charge >= 0.3 is 0 Å². The first-order valence-corrected chi connectivity index (χ1v) is 40.8. The zero-order chi connectivity index (χ0) is 82.0. The Morgan fingerprint density at radius 1 is 0.239 bits per heavy atom. The van der Waals surface area contributed by atoms with E-state index in [0.717, 1.165) is 6.42 Å². The van der Waals surface area contributed by atoms with Crippen LogP contribution < -0.4 is 22.8 Å². The summed E-state index contributed by atoms with van der Waals surface area (Å²) in [5.74, 6) is 0. The van der Waals surface area contributed by atoms with Crippen LogP contribution in [0.25, 0.3) is 99.9 Å². The maximum Gasteiger partial charge on any atom is 0.220 e. The molecule has 0 unspecified atom stereocenters. The van der Waals surface area contributed by atoms with Crippen LogP contribution in [0.1, 0.15) is 177 Å². The molecule has 0 bridgehead atoms. The largest absolute Gasteiger partial charge is 0.220 e. The van der Waals surface area contributed by atoms with Crippen molar-refractivity contribution in [3.63, 3.8) is 0 Å². The summed E-state index contributed by atoms with van der Waals surface area (Å²) in [6.45, 7) is 50.8. The molecule has 0 N–H and O–H groups in total. The molecule has 15 rings (SSSR count). The Bertz CT molecular complexity index is 4750. The molecule has 5 nitrogen and oxygen atoms in total. The molecule has 1 aliphatic carbocycles. The Morgan fingerprint density at radius 2 is 0.633 bits per heavy atom. The van der Waals surface area contributed by atoms with Gasteiger partial charge < -0.3 is 0 Å². The highest BCUT2D eigenvalue weighted by Gasteiger charge is 2.26. The summed E-state index contributed by atoms with van der Waals surface area (Å²) in [6.07, 6.45) is 9.55. The molecule has 0 amide bonds. The second kappa shape index (κ2) is 55.0. The first kappa shape index (κ1) is 96.5. The molecule has 109 heavy (non-hydrogen) atoms. The molecular formula is C104H140N5+5. The lowest BCUT2D eigenvalue weighted by Gasteiger charge is -2.10. The van der Waals surface area contributed by atoms with Gasteiger partial charge in [-0.1, -0.05) is 296 Å². The van der Waals surface area contributed by atoms with Gasteiger partial charge in [-0.15, -0.1) is 0 Å². The monoisotopic (exact) mass is 1460 g/mol. The number of nitrogens with zero attached hydrogens (tertiary/aromatic N) is 5. The van der Waals surface area contributed by atoms with Crippen molar-refractivity contribution < 1.29 is 22.8 Å². The third-order valence-electron chi connectivity index (χ3n) is 17.4. The maximum absolute atomic E-state index is 2.28. The number of para-hydroxylation sites is 1. The molecule has 0 fully saturated rings. The van der Waals surface area contributed by atoms with Crippen LogP contribution in [0.4, 0.5) is 0 Å². The molecule has 0 saturated carbocycles. The van der Waals surface area contributed by atoms with Gasteiger partial charge in [-0.3, -0.25) is 0 Å². The molecular weight excluding hydrogens is 1320 g/mol. The number of fused-ring (bicyclic) bond motifs is 6. The van der Waals surface area contributed by atoms with Gasteiger partial charge in [-0.2, -0.15) is 4.57 Å². The van der Waals surface area contributed by atoms with Crippen molar-refractivity contribution in [2.45, 2.75) is 180 Å². The summed E-state index contributed by atoms with van der Waals surface area (Å²) in [5.41, 5.74) is 26.5. The van der Waals surface area contributed by atoms with Crippen LogP contribution in [0.15, 0.2) is 292 Å². The first-order chi connectivity index (χ1) is 53.3. The van der Waals surface area contributed by atoms with E-state index in [1.54, 1.807) is 0 Å². The molecule has 0 aliphatic heterocycles. The van der Waals surface area contributed by atoms with E-state index in [9.17, 15) is 0 Å². The fourth-order valence-electron chi connectivity index (χ4n) is 12.5. The van der Waals surface area contributed by atoms with E-state index in [2.05, 4.69) is 378 Å². The quantitative estimate of drug-likeness (QED) is 0.153. The molecule has 5 heteroatoms. The topological polar surface area (TPSA) is 19.4 Å². The molecule has 576 valence electrons. The van der Waals surface area contributed by atoms with Crippen LogP contribution in [0.2, 0.25) is 0 Å². The molecule has 0 spiro atoms. The number of rotatable bonds is 5. The summed E-state index contributed by atoms with van der Waals surface area (Å²) in [6, 6.07) is 94.3. The zero-order valence-corrected chi connectivity index (χ0v) is 73.2. The van der Waals surface area contributed by atoms with Gasteiger partial charge in [-0.25, -0.2) is 18.3 Å². The average molecular weight is 1460 g/mol. The summed E-state index contributed by atoms with van der Waals surface area (Å²) in [4.78, 5) is 0. The number of benzene rings is 9. The predicted molar refractivity (Wildman–Crippen MR) is 483 cm³/mol. The molecule has 14 aromatic rings. The Labute approximate surface area is 664 Å². The molecule has 1 aliphatic rings. The first-order valence-electron chi connectivity index (χ1n) is 40.8. The minimum Gasteiger partial charge on any atom is -0.201 e. The van der Waals surface area contributed by atoms with E-state index >= 15 is 0 Å². The van der Waals surface area contributed by atoms with E-state index in [1.165, 1.54) is 139 Å². The third-order valence-corrected chi connectivity index (χ3v) is 17.4. The van der Waals surface area contributed by atoms with Gasteiger partial charge in [0.25, 0.3) is 0 Å². The second-order valence-electron chi connectivity index (χ2n) is 23.4. The van der Waals surface area contributed by atoms with Crippen LogP contribution >= 0.6 is 0 Å². The second-order valence-corrected chi connectivity index (χ2v) is 23.4. The summed E-state index contributed by atoms with van der Waals surface area (Å²) < 4.78 is 11.0. The lowest BCUT2D eigenvalue weighted by molar-refractivity contribution is -0.660. The zero-order valence-electron chi connectivity index (χ0n) is 73.2. The van der Waals surface area contributed by atoms with Crippen LogP contribution in [0.5, 0.6) is 0 Å². The summed E-state index contributed by atoms with van der Waals surface area (Å²) in [7, 11) is 10.5. The number of hydrogen-bond donors (Lipinski definition) is 0. The Kier molecular flexibility index (Phi) is 48.7. The highest BCUT2D eigenvalue weighted by atomic mass is 14.9. The molecule has 5 aromatic heterocycles. The van der Waals surface area contributed by atoms with Crippen LogP contribution in [-0.2, 0) is 41.7 Å². The Hall–Kier alpha value is -10.5. The van der Waals surface area contributed by atoms with Crippen LogP contribution in [0, 0.1) is 34.6 Å². The van der Waals surface area contributed by atoms with Gasteiger partial charge in [0.1, 0.15) is 35.2 Å². The lowest BCUT2D eigenvalue weighted by Crippen LogP contribution is -2.32. The summed E-state index contributed by atoms with van der Waals surface area (Å²) in [5, 5.41) is 6.43. The van der Waals surface area contributed by atoms with E-state index in [1.807, 2.05) is 145 Å². The minimum atomic E-state index is 1.04. The SMILES string of the molecule is CC.CC.CC.CC.CC.CC.CC.CC.CC.CC.Cc1ccc2c(c1-c1cccc[n+]1C)Cc1ccccc1-2.Cc1ccccc1-c1c2ccccc2cc[n+]1C.Cc1ccccc1-c1cc2ccccc2c[n+]1C.Cc1ccccc1-c1ccc2ccccc2[n+]1C.Cc1ccccc1-c1cccc[n+]1C. The Morgan fingerprint density at radius 3 is 1.14 bits per heavy atom. The minimum absolute atomic E-state index is 1.04. The standard InChI is InChI=1S/C20H18N.3C17H16N.C13H14N.10C2H6/c1-14-10-11-17-16-8-4-3-7-15(16)13-18(17)20(14)19-9-5-6-12-21(19)2;1-13-7-3-6-10-16(13)17-11-14-8-4-5-9-15(14)12-18(17)2;1-13-7-3-5-9-15(13)17-16-10-6-4-8-14(16)11-12-18(17)2;1-13-7-3-5-9-15(13)17-12-11-14-8-4-6-10-16(14)18(17)2;1-11-7-3-4-8-12(11)13-9-5-6-10-14(13)2;10*1-2/h3-12H,13H2,1-2H3;3*3-12H,1-2H3;3-10H,1-2H3;10*1-2H3/q5*+1;;;;;;;;;;. The summed E-state index contributed by atoms with van der Waals surface area (Å²) >= 11 is 0. The number of aryl methyl sites for hydroxylation is 10. The van der Waals surface area contributed by atoms with Gasteiger partial charge in [0.2, 0.25) is 34.0 Å². The van der Waals surface area contributed by atoms with Gasteiger partial charge in [0.05, 0.1) is 10.9 Å². The van der Waals surface area contributed by atoms with Crippen LogP contribution in [-0.4, -0.2) is 0 Å². The molecule has 9 aromatic carbocycles. The van der Waals surface area contributed by atoms with E-state index in [0.29, 0.717) is 0 Å². The number of aromatic nitrogens is 5. The number of hydrogen-bond acceptors (Lipinski definition) is 0. The van der Waals surface area contributed by atoms with Crippen molar-refractivity contribution in [3.05, 3.63) is 331 Å². The highest BCUT2D eigenvalue weighted by molar-refractivity contribution is 5.93. The van der Waals surface area contributed by atoms with Crippen molar-refractivity contribution >= 4 is 32.4 Å². The van der Waals surface area contributed by atoms with Gasteiger partial charge in [-0.05, 0) is 163 Å². The third kappa shape index (κ3) is 26.7. The van der Waals surface area contributed by atoms with Gasteiger partial charge in [0.15, 0.2) is 24.8 Å². The van der Waals surface area contributed by atoms with Crippen molar-refractivity contribution in [1.82, 2.24) is 0 Å². The fraction of sp³-hybridized carbons (Fsp3) is 0.298. The van der Waals surface area contributed by atoms with Crippen molar-refractivity contribution in [1.29, 1.82) is 0 Å². The van der Waals surface area contributed by atoms with Crippen molar-refractivity contribution in [3.8, 4) is 67.4 Å². The van der Waals surface area contributed by atoms with Gasteiger partial charge in [0, 0.05) is 81.6 Å². The van der Waals surface area contributed by atoms with Crippen LogP contribution in [0.3, 0.4) is 0 Å². The molecule has 0 radical (unpaired) electrons. The normalized spacial score (nSPS) is 9.52. The maximum atomic E-state index is 2.28. The van der Waals surface area contributed by atoms with E-state index in [-0.39, 0.29) is 0 Å². The van der Waals surface area contributed by atoms with E-state index in [4.69, 9.17) is 0 Å². The molecule has 0 saturated heterocycles. The Balaban J connectivity index is 0.000000645. The smallest absolute Gasteiger partial charge is 0.201 e. The van der Waals surface area contributed by atoms with E-state index < -0.39 is 0 Å². The van der Waals surface area contributed by atoms with Crippen molar-refractivity contribution in [2.75, 3.05) is 0 Å². The fourth-order valence-corrected chi connectivity index (χ4v) is 12.5. The van der Waals surface area contributed by atoms with Crippen molar-refractivity contribution in [2.24, 2.45) is 35.2 Å². The number of pyridine rings is 5.